The van der Waals surface area contributed by atoms with E-state index in [4.69, 9.17) is 4.74 Å². The molecule has 1 saturated heterocycles. The van der Waals surface area contributed by atoms with Crippen LogP contribution in [0, 0.1) is 0 Å². The Morgan fingerprint density at radius 1 is 1.44 bits per heavy atom. The van der Waals surface area contributed by atoms with Crippen LogP contribution >= 0.6 is 15.9 Å². The van der Waals surface area contributed by atoms with Gasteiger partial charge in [0, 0.05) is 19.3 Å². The van der Waals surface area contributed by atoms with E-state index in [1.807, 2.05) is 0 Å². The molecule has 0 aromatic rings. The number of nitrogens with one attached hydrogen (secondary N) is 1. The molecule has 1 fully saturated rings. The van der Waals surface area contributed by atoms with Gasteiger partial charge in [0.25, 0.3) is 0 Å². The average molecular weight is 194 g/mol. The zero-order valence-electron chi connectivity index (χ0n) is 5.40. The third-order valence-corrected chi connectivity index (χ3v) is 1.91. The molecule has 0 radical (unpaired) electrons. The van der Waals surface area contributed by atoms with Crippen molar-refractivity contribution < 1.29 is 4.74 Å². The van der Waals surface area contributed by atoms with E-state index in [9.17, 15) is 0 Å². The van der Waals surface area contributed by atoms with E-state index in [0.29, 0.717) is 6.04 Å². The van der Waals surface area contributed by atoms with Crippen LogP contribution in [-0.4, -0.2) is 24.7 Å². The largest absolute Gasteiger partial charge is 0.381 e. The molecule has 2 nitrogen and oxygen atoms in total. The van der Waals surface area contributed by atoms with Crippen molar-refractivity contribution in [3.8, 4) is 0 Å². The molecule has 0 aliphatic carbocycles. The van der Waals surface area contributed by atoms with Crippen LogP contribution in [0.5, 0.6) is 0 Å². The van der Waals surface area contributed by atoms with Gasteiger partial charge in [-0.15, -0.1) is 0 Å². The maximum atomic E-state index is 5.19. The van der Waals surface area contributed by atoms with Crippen molar-refractivity contribution >= 4 is 15.9 Å². The number of halogens is 1. The number of rotatable bonds is 2. The zero-order valence-corrected chi connectivity index (χ0v) is 6.99. The van der Waals surface area contributed by atoms with Gasteiger partial charge >= 0.3 is 0 Å². The van der Waals surface area contributed by atoms with Gasteiger partial charge in [0.1, 0.15) is 0 Å². The van der Waals surface area contributed by atoms with Gasteiger partial charge in [0.05, 0.1) is 5.45 Å². The van der Waals surface area contributed by atoms with Crippen LogP contribution in [0.15, 0.2) is 0 Å². The van der Waals surface area contributed by atoms with Crippen LogP contribution in [0.2, 0.25) is 0 Å². The van der Waals surface area contributed by atoms with Crippen LogP contribution in [0.25, 0.3) is 0 Å². The van der Waals surface area contributed by atoms with E-state index >= 15 is 0 Å². The SMILES string of the molecule is BrCNC1CCOCC1. The molecule has 0 unspecified atom stereocenters. The summed E-state index contributed by atoms with van der Waals surface area (Å²) in [6, 6.07) is 0.679. The lowest BCUT2D eigenvalue weighted by Gasteiger charge is -2.21. The lowest BCUT2D eigenvalue weighted by molar-refractivity contribution is 0.0796. The van der Waals surface area contributed by atoms with Crippen molar-refractivity contribution in [2.75, 3.05) is 18.7 Å². The summed E-state index contributed by atoms with van der Waals surface area (Å²) in [6.07, 6.45) is 2.32. The second-order valence-corrected chi connectivity index (χ2v) is 2.79. The molecule has 1 rings (SSSR count). The van der Waals surface area contributed by atoms with E-state index in [0.717, 1.165) is 31.5 Å². The maximum absolute atomic E-state index is 5.19. The van der Waals surface area contributed by atoms with Gasteiger partial charge < -0.3 is 10.1 Å². The van der Waals surface area contributed by atoms with Crippen molar-refractivity contribution in [3.63, 3.8) is 0 Å². The minimum Gasteiger partial charge on any atom is -0.381 e. The first kappa shape index (κ1) is 7.51. The standard InChI is InChI=1S/C6H12BrNO/c7-5-8-6-1-3-9-4-2-6/h6,8H,1-5H2. The summed E-state index contributed by atoms with van der Waals surface area (Å²) in [6.45, 7) is 1.84. The molecular formula is C6H12BrNO. The normalized spacial score (nSPS) is 22.3. The van der Waals surface area contributed by atoms with Crippen LogP contribution in [0.4, 0.5) is 0 Å². The topological polar surface area (TPSA) is 21.3 Å². The summed E-state index contributed by atoms with van der Waals surface area (Å²) in [7, 11) is 0. The Morgan fingerprint density at radius 3 is 2.67 bits per heavy atom. The molecule has 0 amide bonds. The molecule has 3 heteroatoms. The molecule has 1 aliphatic heterocycles. The molecule has 0 aromatic carbocycles. The minimum atomic E-state index is 0.679. The molecule has 0 saturated carbocycles. The van der Waals surface area contributed by atoms with Crippen LogP contribution in [0.1, 0.15) is 12.8 Å². The lowest BCUT2D eigenvalue weighted by atomic mass is 10.1. The summed E-state index contributed by atoms with van der Waals surface area (Å²) in [4.78, 5) is 0. The van der Waals surface area contributed by atoms with Gasteiger partial charge in [0.15, 0.2) is 0 Å². The summed E-state index contributed by atoms with van der Waals surface area (Å²) < 4.78 is 5.19. The third-order valence-electron chi connectivity index (χ3n) is 1.59. The van der Waals surface area contributed by atoms with Crippen molar-refractivity contribution in [1.29, 1.82) is 0 Å². The van der Waals surface area contributed by atoms with E-state index < -0.39 is 0 Å². The molecule has 1 N–H and O–H groups in total. The number of hydrogen-bond donors (Lipinski definition) is 1. The van der Waals surface area contributed by atoms with E-state index in [1.165, 1.54) is 0 Å². The summed E-state index contributed by atoms with van der Waals surface area (Å²) >= 11 is 3.33. The molecule has 9 heavy (non-hydrogen) atoms. The van der Waals surface area contributed by atoms with Gasteiger partial charge in [-0.2, -0.15) is 0 Å². The monoisotopic (exact) mass is 193 g/mol. The van der Waals surface area contributed by atoms with Crippen molar-refractivity contribution in [2.24, 2.45) is 0 Å². The van der Waals surface area contributed by atoms with Gasteiger partial charge in [-0.25, -0.2) is 0 Å². The van der Waals surface area contributed by atoms with Gasteiger partial charge in [-0.1, -0.05) is 15.9 Å². The van der Waals surface area contributed by atoms with E-state index in [1.54, 1.807) is 0 Å². The first-order valence-electron chi connectivity index (χ1n) is 3.30. The van der Waals surface area contributed by atoms with Crippen molar-refractivity contribution in [2.45, 2.75) is 18.9 Å². The maximum Gasteiger partial charge on any atom is 0.0519 e. The summed E-state index contributed by atoms with van der Waals surface area (Å²) in [5.74, 6) is 0. The highest BCUT2D eigenvalue weighted by Crippen LogP contribution is 2.05. The zero-order chi connectivity index (χ0) is 6.53. The van der Waals surface area contributed by atoms with Crippen LogP contribution in [0.3, 0.4) is 0 Å². The fraction of sp³-hybridized carbons (Fsp3) is 1.00. The Bertz CT molecular complexity index is 70.7. The molecule has 54 valence electrons. The molecule has 0 atom stereocenters. The second-order valence-electron chi connectivity index (χ2n) is 2.22. The summed E-state index contributed by atoms with van der Waals surface area (Å²) in [5, 5.41) is 3.32. The van der Waals surface area contributed by atoms with E-state index in [-0.39, 0.29) is 0 Å². The Morgan fingerprint density at radius 2 is 2.11 bits per heavy atom. The molecule has 0 bridgehead atoms. The van der Waals surface area contributed by atoms with E-state index in [2.05, 4.69) is 21.2 Å². The fourth-order valence-electron chi connectivity index (χ4n) is 1.01. The predicted octanol–water partition coefficient (Wildman–Crippen LogP) is 1.11. The Hall–Kier alpha value is 0.400. The third kappa shape index (κ3) is 2.65. The van der Waals surface area contributed by atoms with Crippen molar-refractivity contribution in [1.82, 2.24) is 5.32 Å². The van der Waals surface area contributed by atoms with Gasteiger partial charge in [-0.05, 0) is 12.8 Å². The molecular weight excluding hydrogens is 182 g/mol. The molecule has 1 aliphatic rings. The number of ether oxygens (including phenoxy) is 1. The minimum absolute atomic E-state index is 0.679. The number of alkyl halides is 1. The Labute approximate surface area is 64.1 Å². The summed E-state index contributed by atoms with van der Waals surface area (Å²) in [5.41, 5.74) is 0.900. The molecule has 1 heterocycles. The van der Waals surface area contributed by atoms with Crippen LogP contribution < -0.4 is 5.32 Å². The second kappa shape index (κ2) is 4.25. The highest BCUT2D eigenvalue weighted by atomic mass is 79.9. The highest BCUT2D eigenvalue weighted by Gasteiger charge is 2.10. The Kier molecular flexibility index (Phi) is 3.55. The Balaban J connectivity index is 2.08. The van der Waals surface area contributed by atoms with Crippen molar-refractivity contribution in [3.05, 3.63) is 0 Å². The number of hydrogen-bond acceptors (Lipinski definition) is 2. The highest BCUT2D eigenvalue weighted by molar-refractivity contribution is 9.09. The quantitative estimate of drug-likeness (QED) is 0.525. The van der Waals surface area contributed by atoms with Gasteiger partial charge in [-0.3, -0.25) is 0 Å². The smallest absolute Gasteiger partial charge is 0.0519 e. The fourth-order valence-corrected chi connectivity index (χ4v) is 1.47. The first-order valence-corrected chi connectivity index (χ1v) is 4.42. The average Bonchev–Trinajstić information content (AvgIpc) is 1.91. The lowest BCUT2D eigenvalue weighted by Crippen LogP contribution is -2.33. The molecule has 0 spiro atoms. The molecule has 0 aromatic heterocycles. The predicted molar refractivity (Wildman–Crippen MR) is 40.8 cm³/mol. The van der Waals surface area contributed by atoms with Crippen LogP contribution in [-0.2, 0) is 4.74 Å². The van der Waals surface area contributed by atoms with Gasteiger partial charge in [0.2, 0.25) is 0 Å². The first-order chi connectivity index (χ1) is 4.43.